The van der Waals surface area contributed by atoms with Gasteiger partial charge in [-0.25, -0.2) is 0 Å². The van der Waals surface area contributed by atoms with Crippen LogP contribution in [0.15, 0.2) is 22.6 Å². The Morgan fingerprint density at radius 2 is 2.16 bits per heavy atom. The summed E-state index contributed by atoms with van der Waals surface area (Å²) in [5.74, 6) is 0.585. The number of nitrogens with one attached hydrogen (secondary N) is 1. The van der Waals surface area contributed by atoms with E-state index in [4.69, 9.17) is 4.42 Å². The lowest BCUT2D eigenvalue weighted by Gasteiger charge is -2.13. The van der Waals surface area contributed by atoms with Gasteiger partial charge in [0.25, 0.3) is 0 Å². The molecule has 0 saturated heterocycles. The Morgan fingerprint density at radius 3 is 2.84 bits per heavy atom. The van der Waals surface area contributed by atoms with Crippen molar-refractivity contribution in [2.75, 3.05) is 19.0 Å². The zero-order valence-electron chi connectivity index (χ0n) is 11.7. The number of anilines is 1. The van der Waals surface area contributed by atoms with E-state index in [2.05, 4.69) is 20.5 Å². The number of hydrogen-bond acceptors (Lipinski definition) is 6. The van der Waals surface area contributed by atoms with Crippen LogP contribution in [0.2, 0.25) is 0 Å². The van der Waals surface area contributed by atoms with Gasteiger partial charge < -0.3 is 14.6 Å². The maximum absolute atomic E-state index is 5.61. The van der Waals surface area contributed by atoms with E-state index in [1.165, 1.54) is 0 Å². The van der Waals surface area contributed by atoms with Crippen LogP contribution in [-0.4, -0.2) is 29.3 Å². The van der Waals surface area contributed by atoms with E-state index in [1.54, 1.807) is 0 Å². The lowest BCUT2D eigenvalue weighted by atomic mass is 10.3. The van der Waals surface area contributed by atoms with E-state index in [0.29, 0.717) is 18.5 Å². The Balaban J connectivity index is 2.07. The molecule has 1 atom stereocenters. The molecule has 0 saturated carbocycles. The lowest BCUT2D eigenvalue weighted by molar-refractivity contribution is 0.432. The molecule has 0 aliphatic heterocycles. The quantitative estimate of drug-likeness (QED) is 0.883. The maximum Gasteiger partial charge on any atom is 0.318 e. The van der Waals surface area contributed by atoms with Crippen molar-refractivity contribution in [1.29, 1.82) is 0 Å². The topological polar surface area (TPSA) is 67.1 Å². The van der Waals surface area contributed by atoms with Gasteiger partial charge in [0.15, 0.2) is 0 Å². The molecule has 0 amide bonds. The minimum atomic E-state index is 0.0479. The largest absolute Gasteiger partial charge is 0.406 e. The summed E-state index contributed by atoms with van der Waals surface area (Å²) in [6, 6.07) is 6.50. The number of hydrogen-bond donors (Lipinski definition) is 1. The van der Waals surface area contributed by atoms with Gasteiger partial charge in [-0.3, -0.25) is 4.98 Å². The summed E-state index contributed by atoms with van der Waals surface area (Å²) in [7, 11) is 3.76. The first-order chi connectivity index (χ1) is 9.10. The van der Waals surface area contributed by atoms with Crippen molar-refractivity contribution in [3.63, 3.8) is 0 Å². The van der Waals surface area contributed by atoms with Crippen molar-refractivity contribution in [2.45, 2.75) is 26.4 Å². The summed E-state index contributed by atoms with van der Waals surface area (Å²) >= 11 is 0. The number of rotatable bonds is 5. The Kier molecular flexibility index (Phi) is 4.11. The van der Waals surface area contributed by atoms with Gasteiger partial charge in [0.1, 0.15) is 0 Å². The average molecular weight is 261 g/mol. The zero-order valence-corrected chi connectivity index (χ0v) is 11.7. The van der Waals surface area contributed by atoms with Crippen molar-refractivity contribution in [1.82, 2.24) is 20.5 Å². The molecule has 0 aromatic carbocycles. The Morgan fingerprint density at radius 1 is 1.37 bits per heavy atom. The Bertz CT molecular complexity index is 539. The van der Waals surface area contributed by atoms with Gasteiger partial charge in [-0.05, 0) is 33.0 Å². The van der Waals surface area contributed by atoms with Crippen LogP contribution in [0, 0.1) is 6.92 Å². The molecular formula is C13H19N5O. The number of nitrogens with zero attached hydrogens (tertiary/aromatic N) is 4. The molecule has 19 heavy (non-hydrogen) atoms. The second-order valence-corrected chi connectivity index (χ2v) is 4.56. The van der Waals surface area contributed by atoms with Crippen molar-refractivity contribution < 1.29 is 4.42 Å². The first-order valence-electron chi connectivity index (χ1n) is 6.24. The smallest absolute Gasteiger partial charge is 0.318 e. The number of aryl methyl sites for hydroxylation is 1. The predicted molar refractivity (Wildman–Crippen MR) is 72.9 cm³/mol. The van der Waals surface area contributed by atoms with Gasteiger partial charge in [-0.15, -0.1) is 5.10 Å². The van der Waals surface area contributed by atoms with E-state index < -0.39 is 0 Å². The normalized spacial score (nSPS) is 12.4. The third kappa shape index (κ3) is 3.29. The highest BCUT2D eigenvalue weighted by atomic mass is 16.4. The molecule has 102 valence electrons. The van der Waals surface area contributed by atoms with Gasteiger partial charge in [0.05, 0.1) is 18.3 Å². The first kappa shape index (κ1) is 13.5. The highest BCUT2D eigenvalue weighted by molar-refractivity contribution is 5.25. The summed E-state index contributed by atoms with van der Waals surface area (Å²) in [5, 5.41) is 11.1. The van der Waals surface area contributed by atoms with Crippen LogP contribution < -0.4 is 10.2 Å². The molecule has 0 bridgehead atoms. The Labute approximate surface area is 112 Å². The second-order valence-electron chi connectivity index (χ2n) is 4.56. The summed E-state index contributed by atoms with van der Waals surface area (Å²) in [5.41, 5.74) is 1.98. The molecule has 0 aliphatic carbocycles. The van der Waals surface area contributed by atoms with Gasteiger partial charge >= 0.3 is 6.01 Å². The van der Waals surface area contributed by atoms with E-state index >= 15 is 0 Å². The fraction of sp³-hybridized carbons (Fsp3) is 0.462. The summed E-state index contributed by atoms with van der Waals surface area (Å²) in [6.07, 6.45) is 0. The van der Waals surface area contributed by atoms with E-state index in [9.17, 15) is 0 Å². The number of pyridine rings is 1. The van der Waals surface area contributed by atoms with Gasteiger partial charge in [-0.1, -0.05) is 11.2 Å². The van der Waals surface area contributed by atoms with Crippen molar-refractivity contribution in [2.24, 2.45) is 0 Å². The standard InChI is InChI=1S/C13H19N5O/c1-9-6-5-7-11(15-9)8-18(4)13-17-16-12(19-13)10(2)14-3/h5-7,10,14H,8H2,1-4H3. The molecule has 2 heterocycles. The van der Waals surface area contributed by atoms with E-state index in [1.807, 2.05) is 51.0 Å². The molecule has 2 rings (SSSR count). The monoisotopic (exact) mass is 261 g/mol. The molecule has 0 aliphatic rings. The van der Waals surface area contributed by atoms with Crippen LogP contribution in [0.25, 0.3) is 0 Å². The molecular weight excluding hydrogens is 242 g/mol. The maximum atomic E-state index is 5.61. The third-order valence-electron chi connectivity index (χ3n) is 2.91. The fourth-order valence-electron chi connectivity index (χ4n) is 1.68. The summed E-state index contributed by atoms with van der Waals surface area (Å²) in [4.78, 5) is 6.34. The van der Waals surface area contributed by atoms with Gasteiger partial charge in [0, 0.05) is 12.7 Å². The SMILES string of the molecule is CNC(C)c1nnc(N(C)Cc2cccc(C)n2)o1. The first-order valence-corrected chi connectivity index (χ1v) is 6.24. The molecule has 2 aromatic rings. The average Bonchev–Trinajstić information content (AvgIpc) is 2.87. The Hall–Kier alpha value is -1.95. The van der Waals surface area contributed by atoms with Crippen LogP contribution in [0.5, 0.6) is 0 Å². The van der Waals surface area contributed by atoms with Gasteiger partial charge in [0.2, 0.25) is 5.89 Å². The second kappa shape index (κ2) is 5.79. The zero-order chi connectivity index (χ0) is 13.8. The van der Waals surface area contributed by atoms with Crippen LogP contribution in [-0.2, 0) is 6.54 Å². The van der Waals surface area contributed by atoms with Crippen molar-refractivity contribution in [3.8, 4) is 0 Å². The molecule has 1 N–H and O–H groups in total. The minimum Gasteiger partial charge on any atom is -0.406 e. The molecule has 0 radical (unpaired) electrons. The van der Waals surface area contributed by atoms with E-state index in [0.717, 1.165) is 11.4 Å². The van der Waals surface area contributed by atoms with Crippen molar-refractivity contribution >= 4 is 6.01 Å². The molecule has 0 fully saturated rings. The highest BCUT2D eigenvalue weighted by Crippen LogP contribution is 2.17. The third-order valence-corrected chi connectivity index (χ3v) is 2.91. The van der Waals surface area contributed by atoms with Crippen molar-refractivity contribution in [3.05, 3.63) is 35.5 Å². The van der Waals surface area contributed by atoms with E-state index in [-0.39, 0.29) is 6.04 Å². The molecule has 0 spiro atoms. The molecule has 6 heteroatoms. The van der Waals surface area contributed by atoms with Gasteiger partial charge in [-0.2, -0.15) is 0 Å². The van der Waals surface area contributed by atoms with Crippen LogP contribution >= 0.6 is 0 Å². The van der Waals surface area contributed by atoms with Crippen LogP contribution in [0.3, 0.4) is 0 Å². The minimum absolute atomic E-state index is 0.0479. The number of aromatic nitrogens is 3. The molecule has 1 unspecified atom stereocenters. The van der Waals surface area contributed by atoms with Crippen LogP contribution in [0.1, 0.15) is 30.2 Å². The molecule has 6 nitrogen and oxygen atoms in total. The predicted octanol–water partition coefficient (Wildman–Crippen LogP) is 1.69. The lowest BCUT2D eigenvalue weighted by Crippen LogP contribution is -2.17. The molecule has 2 aromatic heterocycles. The summed E-state index contributed by atoms with van der Waals surface area (Å²) in [6.45, 7) is 4.58. The van der Waals surface area contributed by atoms with Crippen LogP contribution in [0.4, 0.5) is 6.01 Å². The summed E-state index contributed by atoms with van der Waals surface area (Å²) < 4.78 is 5.61. The fourth-order valence-corrected chi connectivity index (χ4v) is 1.68. The highest BCUT2D eigenvalue weighted by Gasteiger charge is 2.15.